The molecule has 1 rings (SSSR count). The Morgan fingerprint density at radius 1 is 1.56 bits per heavy atom. The summed E-state index contributed by atoms with van der Waals surface area (Å²) in [4.78, 5) is 14.1. The minimum atomic E-state index is -0.0516. The highest BCUT2D eigenvalue weighted by Gasteiger charge is 2.35. The molecular formula is C12H22N2O2. The molecule has 0 aromatic rings. The highest BCUT2D eigenvalue weighted by molar-refractivity contribution is 5.80. The zero-order valence-corrected chi connectivity index (χ0v) is 10.5. The summed E-state index contributed by atoms with van der Waals surface area (Å²) in [7, 11) is 1.87. The first-order valence-electron chi connectivity index (χ1n) is 5.78. The van der Waals surface area contributed by atoms with Gasteiger partial charge in [0.15, 0.2) is 0 Å². The van der Waals surface area contributed by atoms with Crippen LogP contribution in [0.15, 0.2) is 12.2 Å². The lowest BCUT2D eigenvalue weighted by atomic mass is 10.0. The van der Waals surface area contributed by atoms with Gasteiger partial charge in [-0.05, 0) is 20.9 Å². The van der Waals surface area contributed by atoms with Crippen molar-refractivity contribution in [2.45, 2.75) is 19.9 Å². The monoisotopic (exact) mass is 226 g/mol. The maximum Gasteiger partial charge on any atom is 0.229 e. The third kappa shape index (κ3) is 3.06. The Bertz CT molecular complexity index is 266. The van der Waals surface area contributed by atoms with E-state index in [1.807, 2.05) is 25.8 Å². The predicted octanol–water partition coefficient (Wildman–Crippen LogP) is 0.645. The molecule has 1 N–H and O–H groups in total. The van der Waals surface area contributed by atoms with Crippen LogP contribution in [0.25, 0.3) is 0 Å². The van der Waals surface area contributed by atoms with Gasteiger partial charge in [-0.2, -0.15) is 0 Å². The van der Waals surface area contributed by atoms with Crippen molar-refractivity contribution in [1.82, 2.24) is 10.2 Å². The summed E-state index contributed by atoms with van der Waals surface area (Å²) in [5.41, 5.74) is 1.01. The van der Waals surface area contributed by atoms with E-state index in [-0.39, 0.29) is 17.9 Å². The number of nitrogens with zero attached hydrogens (tertiary/aromatic N) is 1. The largest absolute Gasteiger partial charge is 0.379 e. The molecule has 1 heterocycles. The fraction of sp³-hybridized carbons (Fsp3) is 0.750. The molecule has 2 atom stereocenters. The van der Waals surface area contributed by atoms with E-state index < -0.39 is 0 Å². The Balaban J connectivity index is 2.63. The van der Waals surface area contributed by atoms with Crippen molar-refractivity contribution in [1.29, 1.82) is 0 Å². The van der Waals surface area contributed by atoms with Crippen LogP contribution < -0.4 is 5.32 Å². The van der Waals surface area contributed by atoms with E-state index in [1.165, 1.54) is 0 Å². The van der Waals surface area contributed by atoms with E-state index in [2.05, 4.69) is 11.9 Å². The van der Waals surface area contributed by atoms with E-state index in [4.69, 9.17) is 4.74 Å². The van der Waals surface area contributed by atoms with Crippen molar-refractivity contribution in [3.63, 3.8) is 0 Å². The molecule has 0 aliphatic carbocycles. The predicted molar refractivity (Wildman–Crippen MR) is 64.2 cm³/mol. The van der Waals surface area contributed by atoms with Crippen LogP contribution in [0.2, 0.25) is 0 Å². The molecule has 1 fully saturated rings. The lowest BCUT2D eigenvalue weighted by Gasteiger charge is -2.26. The Morgan fingerprint density at radius 2 is 2.25 bits per heavy atom. The van der Waals surface area contributed by atoms with E-state index >= 15 is 0 Å². The summed E-state index contributed by atoms with van der Waals surface area (Å²) in [6.07, 6.45) is 0. The van der Waals surface area contributed by atoms with Gasteiger partial charge in [0.25, 0.3) is 0 Å². The molecule has 16 heavy (non-hydrogen) atoms. The van der Waals surface area contributed by atoms with Gasteiger partial charge in [-0.3, -0.25) is 4.79 Å². The fourth-order valence-electron chi connectivity index (χ4n) is 1.99. The molecule has 1 amide bonds. The molecule has 4 nitrogen and oxygen atoms in total. The molecule has 0 bridgehead atoms. The lowest BCUT2D eigenvalue weighted by Crippen LogP contribution is -2.45. The van der Waals surface area contributed by atoms with Gasteiger partial charge in [0.05, 0.1) is 19.1 Å². The molecule has 0 aromatic carbocycles. The zero-order chi connectivity index (χ0) is 12.1. The molecule has 0 radical (unpaired) electrons. The molecule has 2 unspecified atom stereocenters. The number of ether oxygens (including phenoxy) is 1. The second kappa shape index (κ2) is 6.01. The summed E-state index contributed by atoms with van der Waals surface area (Å²) in [5.74, 6) is 0.117. The zero-order valence-electron chi connectivity index (χ0n) is 10.5. The number of likely N-dealkylation sites (N-methyl/N-ethyl adjacent to an activating group) is 2. The van der Waals surface area contributed by atoms with Crippen molar-refractivity contribution in [3.05, 3.63) is 12.2 Å². The van der Waals surface area contributed by atoms with Gasteiger partial charge in [0.1, 0.15) is 0 Å². The fourth-order valence-corrected chi connectivity index (χ4v) is 1.99. The van der Waals surface area contributed by atoms with Crippen molar-refractivity contribution >= 4 is 5.91 Å². The van der Waals surface area contributed by atoms with Gasteiger partial charge in [0, 0.05) is 19.1 Å². The van der Waals surface area contributed by atoms with E-state index in [0.717, 1.165) is 12.1 Å². The van der Waals surface area contributed by atoms with E-state index in [0.29, 0.717) is 19.8 Å². The van der Waals surface area contributed by atoms with Gasteiger partial charge in [-0.25, -0.2) is 0 Å². The van der Waals surface area contributed by atoms with Crippen molar-refractivity contribution in [3.8, 4) is 0 Å². The number of hydrogen-bond donors (Lipinski definition) is 1. The molecule has 1 saturated heterocycles. The number of nitrogens with one attached hydrogen (secondary N) is 1. The molecule has 1 aliphatic heterocycles. The van der Waals surface area contributed by atoms with Crippen molar-refractivity contribution < 1.29 is 9.53 Å². The standard InChI is InChI=1S/C12H22N2O2/c1-5-14(6-9(2)3)12(15)10-7-16-8-11(10)13-4/h10-11,13H,2,5-8H2,1,3-4H3. The van der Waals surface area contributed by atoms with Crippen LogP contribution in [0.3, 0.4) is 0 Å². The first-order valence-corrected chi connectivity index (χ1v) is 5.78. The van der Waals surface area contributed by atoms with Crippen LogP contribution in [0.1, 0.15) is 13.8 Å². The molecular weight excluding hydrogens is 204 g/mol. The van der Waals surface area contributed by atoms with Crippen LogP contribution in [-0.2, 0) is 9.53 Å². The summed E-state index contributed by atoms with van der Waals surface area (Å²) >= 11 is 0. The first kappa shape index (κ1) is 13.2. The van der Waals surface area contributed by atoms with Crippen molar-refractivity contribution in [2.24, 2.45) is 5.92 Å². The van der Waals surface area contributed by atoms with Crippen LogP contribution in [-0.4, -0.2) is 50.2 Å². The second-order valence-corrected chi connectivity index (χ2v) is 4.35. The maximum absolute atomic E-state index is 12.2. The number of carbonyl (C=O) groups excluding carboxylic acids is 1. The molecule has 0 aromatic heterocycles. The van der Waals surface area contributed by atoms with Gasteiger partial charge < -0.3 is 15.0 Å². The highest BCUT2D eigenvalue weighted by atomic mass is 16.5. The highest BCUT2D eigenvalue weighted by Crippen LogP contribution is 2.17. The van der Waals surface area contributed by atoms with Crippen LogP contribution in [0.5, 0.6) is 0 Å². The SMILES string of the molecule is C=C(C)CN(CC)C(=O)C1COCC1NC. The Hall–Kier alpha value is -0.870. The van der Waals surface area contributed by atoms with Gasteiger partial charge >= 0.3 is 0 Å². The number of hydrogen-bond acceptors (Lipinski definition) is 3. The quantitative estimate of drug-likeness (QED) is 0.700. The third-order valence-corrected chi connectivity index (χ3v) is 2.92. The number of amides is 1. The molecule has 92 valence electrons. The molecule has 0 spiro atoms. The van der Waals surface area contributed by atoms with Crippen LogP contribution in [0.4, 0.5) is 0 Å². The minimum absolute atomic E-state index is 0.0516. The smallest absolute Gasteiger partial charge is 0.229 e. The van der Waals surface area contributed by atoms with Crippen molar-refractivity contribution in [2.75, 3.05) is 33.4 Å². The van der Waals surface area contributed by atoms with Crippen LogP contribution >= 0.6 is 0 Å². The summed E-state index contributed by atoms with van der Waals surface area (Å²) in [6, 6.07) is 0.145. The minimum Gasteiger partial charge on any atom is -0.379 e. The van der Waals surface area contributed by atoms with Gasteiger partial charge in [-0.1, -0.05) is 12.2 Å². The summed E-state index contributed by atoms with van der Waals surface area (Å²) in [6.45, 7) is 10.3. The average Bonchev–Trinajstić information content (AvgIpc) is 2.72. The molecule has 0 saturated carbocycles. The summed E-state index contributed by atoms with van der Waals surface area (Å²) < 4.78 is 5.35. The Labute approximate surface area is 97.6 Å². The van der Waals surface area contributed by atoms with Gasteiger partial charge in [0.2, 0.25) is 5.91 Å². The normalized spacial score (nSPS) is 24.4. The number of rotatable bonds is 5. The molecule has 1 aliphatic rings. The van der Waals surface area contributed by atoms with Gasteiger partial charge in [-0.15, -0.1) is 0 Å². The molecule has 4 heteroatoms. The Kier molecular flexibility index (Phi) is 4.96. The van der Waals surface area contributed by atoms with E-state index in [1.54, 1.807) is 0 Å². The topological polar surface area (TPSA) is 41.6 Å². The summed E-state index contributed by atoms with van der Waals surface area (Å²) in [5, 5.41) is 3.13. The third-order valence-electron chi connectivity index (χ3n) is 2.92. The second-order valence-electron chi connectivity index (χ2n) is 4.35. The van der Waals surface area contributed by atoms with Crippen LogP contribution in [0, 0.1) is 5.92 Å². The lowest BCUT2D eigenvalue weighted by molar-refractivity contribution is -0.135. The average molecular weight is 226 g/mol. The number of carbonyl (C=O) groups is 1. The Morgan fingerprint density at radius 3 is 2.75 bits per heavy atom. The first-order chi connectivity index (χ1) is 7.60. The maximum atomic E-state index is 12.2. The van der Waals surface area contributed by atoms with E-state index in [9.17, 15) is 4.79 Å².